The van der Waals surface area contributed by atoms with Crippen molar-refractivity contribution in [3.8, 4) is 28.7 Å². The summed E-state index contributed by atoms with van der Waals surface area (Å²) in [5.74, 6) is -4.83. The van der Waals surface area contributed by atoms with Gasteiger partial charge in [-0.3, -0.25) is 29.5 Å². The highest BCUT2D eigenvalue weighted by atomic mass is 35.5. The largest absolute Gasteiger partial charge is 0.504 e. The average Bonchev–Trinajstić information content (AvgIpc) is 3.90. The van der Waals surface area contributed by atoms with Crippen molar-refractivity contribution in [1.29, 1.82) is 0 Å². The van der Waals surface area contributed by atoms with Crippen LogP contribution in [0.4, 0.5) is 11.4 Å². The van der Waals surface area contributed by atoms with Crippen LogP contribution >= 0.6 is 23.2 Å². The molecule has 0 unspecified atom stereocenters. The lowest BCUT2D eigenvalue weighted by Gasteiger charge is -2.50. The van der Waals surface area contributed by atoms with Gasteiger partial charge in [-0.15, -0.1) is 0 Å². The molecule has 1 saturated carbocycles. The number of ether oxygens (including phenoxy) is 2. The van der Waals surface area contributed by atoms with Crippen LogP contribution in [0.15, 0.2) is 125 Å². The van der Waals surface area contributed by atoms with Gasteiger partial charge < -0.3 is 19.0 Å². The first-order valence-corrected chi connectivity index (χ1v) is 21.0. The van der Waals surface area contributed by atoms with E-state index < -0.39 is 46.8 Å². The van der Waals surface area contributed by atoms with Crippen molar-refractivity contribution < 1.29 is 38.2 Å². The molecule has 3 heterocycles. The number of carbonyl (C=O) groups is 4. The number of nitrogens with zero attached hydrogens (tertiary/aromatic N) is 3. The Bertz CT molecular complexity index is 2830. The zero-order valence-electron chi connectivity index (χ0n) is 33.4. The number of allylic oxidation sites excluding steroid dienone is 2. The molecule has 14 heteroatoms. The second-order valence-corrected chi connectivity index (χ2v) is 16.8. The van der Waals surface area contributed by atoms with Crippen LogP contribution in [-0.4, -0.2) is 52.4 Å². The second kappa shape index (κ2) is 15.1. The fraction of sp³-hybridized carbons (Fsp3) is 0.229. The van der Waals surface area contributed by atoms with E-state index in [0.29, 0.717) is 50.1 Å². The number of methoxy groups -OCH3 is 1. The van der Waals surface area contributed by atoms with E-state index in [1.54, 1.807) is 86.8 Å². The summed E-state index contributed by atoms with van der Waals surface area (Å²) in [7, 11) is 1.54. The van der Waals surface area contributed by atoms with Crippen LogP contribution in [-0.2, 0) is 24.6 Å². The number of nitrogens with one attached hydrogen (secondary N) is 1. The number of hydrazine groups is 1. The van der Waals surface area contributed by atoms with Crippen molar-refractivity contribution in [2.45, 2.75) is 31.1 Å². The highest BCUT2D eigenvalue weighted by molar-refractivity contribution is 6.36. The monoisotopic (exact) mass is 868 g/mol. The summed E-state index contributed by atoms with van der Waals surface area (Å²) in [6, 6.07) is 31.1. The Hall–Kier alpha value is -6.63. The van der Waals surface area contributed by atoms with E-state index in [-0.39, 0.29) is 53.5 Å². The molecule has 0 bridgehead atoms. The number of rotatable bonds is 9. The third-order valence-corrected chi connectivity index (χ3v) is 13.4. The van der Waals surface area contributed by atoms with Crippen molar-refractivity contribution in [2.75, 3.05) is 24.0 Å². The Labute approximate surface area is 365 Å². The fourth-order valence-corrected chi connectivity index (χ4v) is 10.7. The van der Waals surface area contributed by atoms with E-state index in [1.165, 1.54) is 17.0 Å². The number of phenolic OH excluding ortho intramolecular Hbond substituents is 1. The number of carbonyl (C=O) groups excluding carboxylic acids is 4. The van der Waals surface area contributed by atoms with Gasteiger partial charge in [-0.1, -0.05) is 65.2 Å². The van der Waals surface area contributed by atoms with Crippen LogP contribution < -0.4 is 19.8 Å². The highest BCUT2D eigenvalue weighted by Gasteiger charge is 2.70. The summed E-state index contributed by atoms with van der Waals surface area (Å²) >= 11 is 12.8. The number of oxazole rings is 1. The highest BCUT2D eigenvalue weighted by Crippen LogP contribution is 2.64. The molecule has 10 rings (SSSR count). The Balaban J connectivity index is 1.10. The lowest BCUT2D eigenvalue weighted by Crippen LogP contribution is -2.53. The smallest absolute Gasteiger partial charge is 0.260 e. The molecule has 12 nitrogen and oxygen atoms in total. The number of aromatic hydroxyl groups is 1. The van der Waals surface area contributed by atoms with E-state index in [0.717, 1.165) is 10.6 Å². The van der Waals surface area contributed by atoms with Crippen molar-refractivity contribution in [1.82, 2.24) is 9.99 Å². The summed E-state index contributed by atoms with van der Waals surface area (Å²) in [6.07, 6.45) is 2.27. The van der Waals surface area contributed by atoms with Gasteiger partial charge >= 0.3 is 0 Å². The summed E-state index contributed by atoms with van der Waals surface area (Å²) in [6.45, 7) is 2.05. The molecule has 1 aromatic heterocycles. The first kappa shape index (κ1) is 39.5. The minimum absolute atomic E-state index is 0.0759. The molecule has 3 fully saturated rings. The van der Waals surface area contributed by atoms with Crippen LogP contribution in [0.25, 0.3) is 22.6 Å². The molecule has 2 aliphatic carbocycles. The molecular formula is C48H38Cl2N4O8. The van der Waals surface area contributed by atoms with Crippen LogP contribution in [0.5, 0.6) is 17.2 Å². The predicted molar refractivity (Wildman–Crippen MR) is 232 cm³/mol. The molecule has 6 aromatic rings. The Morgan fingerprint density at radius 2 is 1.66 bits per heavy atom. The van der Waals surface area contributed by atoms with Gasteiger partial charge in [0, 0.05) is 16.5 Å². The minimum atomic E-state index is -1.59. The van der Waals surface area contributed by atoms with E-state index in [9.17, 15) is 14.7 Å². The number of halogens is 2. The molecule has 2 aliphatic heterocycles. The molecule has 5 aromatic carbocycles. The first-order valence-electron chi connectivity index (χ1n) is 20.3. The third kappa shape index (κ3) is 5.99. The predicted octanol–water partition coefficient (Wildman–Crippen LogP) is 9.10. The van der Waals surface area contributed by atoms with E-state index >= 15 is 9.59 Å². The van der Waals surface area contributed by atoms with Gasteiger partial charge in [-0.2, -0.15) is 5.01 Å². The number of amides is 4. The van der Waals surface area contributed by atoms with Gasteiger partial charge in [0.15, 0.2) is 17.1 Å². The van der Waals surface area contributed by atoms with Gasteiger partial charge in [-0.05, 0) is 116 Å². The summed E-state index contributed by atoms with van der Waals surface area (Å²) < 4.78 is 17.3. The SMILES string of the molecule is CCOc1cc([C@H]2C3=CC[C@@H]4C(=O)N(c5ccc(-c6nc7ccccc7o6)cc5)C(=O)[C@@H]4[C@@H]3C[C@H]3C(=O)N(Nc4ccc(Cl)cc4Cl)C(=O)[C@@]23c2ccc(OC)cc2)ccc1O. The first-order chi connectivity index (χ1) is 30.0. The Morgan fingerprint density at radius 3 is 2.39 bits per heavy atom. The normalized spacial score (nSPS) is 24.2. The molecule has 0 radical (unpaired) electrons. The van der Waals surface area contributed by atoms with Crippen LogP contribution in [0.3, 0.4) is 0 Å². The van der Waals surface area contributed by atoms with Gasteiger partial charge in [0.1, 0.15) is 11.3 Å². The van der Waals surface area contributed by atoms with Gasteiger partial charge in [-0.25, -0.2) is 4.98 Å². The second-order valence-electron chi connectivity index (χ2n) is 15.9. The zero-order chi connectivity index (χ0) is 43.0. The number of phenols is 1. The van der Waals surface area contributed by atoms with Crippen LogP contribution in [0.2, 0.25) is 10.0 Å². The quantitative estimate of drug-likeness (QED) is 0.106. The number of hydrogen-bond donors (Lipinski definition) is 2. The molecule has 6 atom stereocenters. The Morgan fingerprint density at radius 1 is 0.887 bits per heavy atom. The maximum atomic E-state index is 15.6. The molecule has 0 spiro atoms. The topological polar surface area (TPSA) is 152 Å². The average molecular weight is 870 g/mol. The van der Waals surface area contributed by atoms with E-state index in [2.05, 4.69) is 10.4 Å². The van der Waals surface area contributed by atoms with Crippen molar-refractivity contribution in [3.05, 3.63) is 142 Å². The van der Waals surface area contributed by atoms with Gasteiger partial charge in [0.05, 0.1) is 53.3 Å². The fourth-order valence-electron chi connectivity index (χ4n) is 10.2. The number of aromatic nitrogens is 1. The number of fused-ring (bicyclic) bond motifs is 5. The molecule has 4 amide bonds. The molecule has 2 N–H and O–H groups in total. The van der Waals surface area contributed by atoms with Crippen molar-refractivity contribution >= 4 is 69.3 Å². The van der Waals surface area contributed by atoms with Gasteiger partial charge in [0.25, 0.3) is 11.8 Å². The van der Waals surface area contributed by atoms with Crippen molar-refractivity contribution in [3.63, 3.8) is 0 Å². The van der Waals surface area contributed by atoms with E-state index in [1.807, 2.05) is 30.3 Å². The number of imide groups is 2. The third-order valence-electron chi connectivity index (χ3n) is 12.9. The summed E-state index contributed by atoms with van der Waals surface area (Å²) in [5, 5.41) is 12.5. The molecule has 62 heavy (non-hydrogen) atoms. The molecular weight excluding hydrogens is 831 g/mol. The van der Waals surface area contributed by atoms with Crippen molar-refractivity contribution in [2.24, 2.45) is 23.7 Å². The number of hydrogen-bond acceptors (Lipinski definition) is 10. The lowest BCUT2D eigenvalue weighted by molar-refractivity contribution is -0.138. The maximum Gasteiger partial charge on any atom is 0.260 e. The number of benzene rings is 5. The number of para-hydroxylation sites is 2. The lowest BCUT2D eigenvalue weighted by atomic mass is 9.49. The maximum absolute atomic E-state index is 15.6. The molecule has 4 aliphatic rings. The minimum Gasteiger partial charge on any atom is -0.504 e. The zero-order valence-corrected chi connectivity index (χ0v) is 34.9. The van der Waals surface area contributed by atoms with Crippen LogP contribution in [0, 0.1) is 23.7 Å². The standard InChI is InChI=1S/C48H38Cl2N4O8/c1-3-61-40-22-26(10-21-38(40)55)42-31-18-19-32-41(46(58)53(44(32)56)29-14-8-25(9-15-29)43-51-37-6-4-5-7-39(37)62-43)33(31)24-34-45(57)54(52-36-20-13-28(49)23-35(36)50)47(59)48(34,42)27-11-16-30(60-2)17-12-27/h4-18,20-23,32-34,41-42,52,55H,3,19,24H2,1-2H3/t32-,33+,34-,41-,42-,48+/m0/s1. The van der Waals surface area contributed by atoms with Gasteiger partial charge in [0.2, 0.25) is 17.7 Å². The van der Waals surface area contributed by atoms with E-state index in [4.69, 9.17) is 37.1 Å². The molecule has 2 saturated heterocycles. The number of anilines is 2. The summed E-state index contributed by atoms with van der Waals surface area (Å²) in [4.78, 5) is 65.9. The molecule has 312 valence electrons. The Kier molecular flexibility index (Phi) is 9.60. The van der Waals surface area contributed by atoms with Crippen LogP contribution in [0.1, 0.15) is 36.8 Å². The summed E-state index contributed by atoms with van der Waals surface area (Å²) in [5.41, 5.74) is 6.01.